The summed E-state index contributed by atoms with van der Waals surface area (Å²) in [6.45, 7) is 2.75. The van der Waals surface area contributed by atoms with Crippen LogP contribution in [0.5, 0.6) is 0 Å². The zero-order valence-corrected chi connectivity index (χ0v) is 12.0. The van der Waals surface area contributed by atoms with Crippen molar-refractivity contribution in [1.82, 2.24) is 20.4 Å². The fourth-order valence-electron chi connectivity index (χ4n) is 2.38. The smallest absolute Gasteiger partial charge is 0.166 e. The van der Waals surface area contributed by atoms with E-state index >= 15 is 0 Å². The highest BCUT2D eigenvalue weighted by atomic mass is 32.1. The molecule has 0 spiro atoms. The van der Waals surface area contributed by atoms with Crippen LogP contribution in [-0.4, -0.2) is 20.9 Å². The van der Waals surface area contributed by atoms with Gasteiger partial charge in [-0.2, -0.15) is 5.10 Å². The third kappa shape index (κ3) is 3.70. The van der Waals surface area contributed by atoms with Gasteiger partial charge in [0.2, 0.25) is 0 Å². The Kier molecular flexibility index (Phi) is 4.58. The van der Waals surface area contributed by atoms with Gasteiger partial charge in [-0.3, -0.25) is 4.68 Å². The van der Waals surface area contributed by atoms with Crippen LogP contribution in [0.4, 0.5) is 0 Å². The lowest BCUT2D eigenvalue weighted by Crippen LogP contribution is -2.42. The van der Waals surface area contributed by atoms with E-state index in [4.69, 9.17) is 12.2 Å². The van der Waals surface area contributed by atoms with Crippen molar-refractivity contribution in [2.24, 2.45) is 7.05 Å². The maximum absolute atomic E-state index is 5.32. The molecule has 2 rings (SSSR count). The molecule has 2 N–H and O–H groups in total. The molecular formula is C13H22N4S. The molecule has 1 fully saturated rings. The molecule has 4 nitrogen and oxygen atoms in total. The van der Waals surface area contributed by atoms with Crippen molar-refractivity contribution in [3.05, 3.63) is 17.5 Å². The Morgan fingerprint density at radius 2 is 2.17 bits per heavy atom. The maximum atomic E-state index is 5.32. The molecule has 100 valence electrons. The molecule has 0 atom stereocenters. The minimum absolute atomic E-state index is 0.559. The Hall–Kier alpha value is -1.10. The summed E-state index contributed by atoms with van der Waals surface area (Å²) in [6.07, 6.45) is 6.49. The second-order valence-corrected chi connectivity index (χ2v) is 5.47. The molecule has 0 saturated heterocycles. The van der Waals surface area contributed by atoms with E-state index in [1.807, 2.05) is 11.7 Å². The molecule has 0 unspecified atom stereocenters. The zero-order valence-electron chi connectivity index (χ0n) is 11.2. The Balaban J connectivity index is 1.74. The molecule has 1 heterocycles. The molecule has 0 aromatic carbocycles. The summed E-state index contributed by atoms with van der Waals surface area (Å²) in [5.41, 5.74) is 2.20. The monoisotopic (exact) mass is 266 g/mol. The molecule has 5 heteroatoms. The Bertz CT molecular complexity index is 388. The highest BCUT2D eigenvalue weighted by Crippen LogP contribution is 2.17. The van der Waals surface area contributed by atoms with Crippen LogP contribution in [0.1, 0.15) is 43.5 Å². The summed E-state index contributed by atoms with van der Waals surface area (Å²) in [6, 6.07) is 2.64. The van der Waals surface area contributed by atoms with E-state index in [2.05, 4.69) is 28.7 Å². The van der Waals surface area contributed by atoms with Crippen LogP contribution in [0.25, 0.3) is 0 Å². The lowest BCUT2D eigenvalue weighted by atomic mass is 9.96. The fraction of sp³-hybridized carbons (Fsp3) is 0.692. The summed E-state index contributed by atoms with van der Waals surface area (Å²) in [4.78, 5) is 0. The minimum Gasteiger partial charge on any atom is -0.360 e. The Morgan fingerprint density at radius 3 is 2.78 bits per heavy atom. The SMILES string of the molecule is Cc1cc(CNC(=S)NC2CCCCC2)nn1C. The van der Waals surface area contributed by atoms with Crippen molar-refractivity contribution in [3.8, 4) is 0 Å². The van der Waals surface area contributed by atoms with E-state index in [0.717, 1.165) is 16.5 Å². The first-order chi connectivity index (χ1) is 8.65. The van der Waals surface area contributed by atoms with Gasteiger partial charge in [0, 0.05) is 18.8 Å². The van der Waals surface area contributed by atoms with Crippen molar-refractivity contribution >= 4 is 17.3 Å². The van der Waals surface area contributed by atoms with Crippen LogP contribution in [-0.2, 0) is 13.6 Å². The van der Waals surface area contributed by atoms with Crippen LogP contribution in [0.3, 0.4) is 0 Å². The van der Waals surface area contributed by atoms with E-state index in [9.17, 15) is 0 Å². The molecule has 18 heavy (non-hydrogen) atoms. The van der Waals surface area contributed by atoms with E-state index in [0.29, 0.717) is 12.6 Å². The first kappa shape index (κ1) is 13.3. The summed E-state index contributed by atoms with van der Waals surface area (Å²) in [5.74, 6) is 0. The molecule has 0 aliphatic heterocycles. The van der Waals surface area contributed by atoms with Gasteiger partial charge in [0.15, 0.2) is 5.11 Å². The van der Waals surface area contributed by atoms with Gasteiger partial charge in [-0.05, 0) is 38.0 Å². The number of hydrogen-bond donors (Lipinski definition) is 2. The number of hydrogen-bond acceptors (Lipinski definition) is 2. The predicted octanol–water partition coefficient (Wildman–Crippen LogP) is 2.03. The number of nitrogens with one attached hydrogen (secondary N) is 2. The third-order valence-corrected chi connectivity index (χ3v) is 3.80. The second-order valence-electron chi connectivity index (χ2n) is 5.06. The first-order valence-electron chi connectivity index (χ1n) is 6.69. The molecule has 0 amide bonds. The minimum atomic E-state index is 0.559. The van der Waals surface area contributed by atoms with Gasteiger partial charge in [0.05, 0.1) is 12.2 Å². The van der Waals surface area contributed by atoms with Gasteiger partial charge < -0.3 is 10.6 Å². The van der Waals surface area contributed by atoms with E-state index in [1.165, 1.54) is 32.1 Å². The highest BCUT2D eigenvalue weighted by Gasteiger charge is 2.13. The van der Waals surface area contributed by atoms with Gasteiger partial charge in [0.1, 0.15) is 0 Å². The lowest BCUT2D eigenvalue weighted by molar-refractivity contribution is 0.412. The summed E-state index contributed by atoms with van der Waals surface area (Å²) < 4.78 is 1.88. The molecule has 1 aliphatic carbocycles. The standard InChI is InChI=1S/C13H22N4S/c1-10-8-12(16-17(10)2)9-14-13(18)15-11-6-4-3-5-7-11/h8,11H,3-7,9H2,1-2H3,(H2,14,15,18). The van der Waals surface area contributed by atoms with Crippen LogP contribution < -0.4 is 10.6 Å². The van der Waals surface area contributed by atoms with Crippen molar-refractivity contribution in [1.29, 1.82) is 0 Å². The number of aryl methyl sites for hydroxylation is 2. The van der Waals surface area contributed by atoms with Crippen molar-refractivity contribution in [2.75, 3.05) is 0 Å². The average Bonchev–Trinajstić information content (AvgIpc) is 2.68. The molecule has 1 aliphatic rings. The van der Waals surface area contributed by atoms with Crippen molar-refractivity contribution in [2.45, 2.75) is 51.6 Å². The predicted molar refractivity (Wildman–Crippen MR) is 77.4 cm³/mol. The highest BCUT2D eigenvalue weighted by molar-refractivity contribution is 7.80. The topological polar surface area (TPSA) is 41.9 Å². The fourth-order valence-corrected chi connectivity index (χ4v) is 2.61. The Labute approximate surface area is 114 Å². The maximum Gasteiger partial charge on any atom is 0.166 e. The normalized spacial score (nSPS) is 16.6. The number of thiocarbonyl (C=S) groups is 1. The summed E-state index contributed by atoms with van der Waals surface area (Å²) in [5, 5.41) is 11.8. The summed E-state index contributed by atoms with van der Waals surface area (Å²) in [7, 11) is 1.96. The third-order valence-electron chi connectivity index (χ3n) is 3.53. The molecular weight excluding hydrogens is 244 g/mol. The van der Waals surface area contributed by atoms with Crippen LogP contribution in [0.15, 0.2) is 6.07 Å². The number of rotatable bonds is 3. The van der Waals surface area contributed by atoms with Gasteiger partial charge in [-0.25, -0.2) is 0 Å². The number of aromatic nitrogens is 2. The zero-order chi connectivity index (χ0) is 13.0. The van der Waals surface area contributed by atoms with Crippen molar-refractivity contribution in [3.63, 3.8) is 0 Å². The van der Waals surface area contributed by atoms with Gasteiger partial charge in [0.25, 0.3) is 0 Å². The van der Waals surface area contributed by atoms with Gasteiger partial charge in [-0.15, -0.1) is 0 Å². The van der Waals surface area contributed by atoms with Gasteiger partial charge >= 0.3 is 0 Å². The first-order valence-corrected chi connectivity index (χ1v) is 7.10. The Morgan fingerprint density at radius 1 is 1.44 bits per heavy atom. The summed E-state index contributed by atoms with van der Waals surface area (Å²) >= 11 is 5.32. The number of nitrogens with zero attached hydrogens (tertiary/aromatic N) is 2. The van der Waals surface area contributed by atoms with Gasteiger partial charge in [-0.1, -0.05) is 19.3 Å². The van der Waals surface area contributed by atoms with Crippen LogP contribution >= 0.6 is 12.2 Å². The molecule has 0 radical (unpaired) electrons. The molecule has 1 aromatic rings. The van der Waals surface area contributed by atoms with E-state index < -0.39 is 0 Å². The van der Waals surface area contributed by atoms with Crippen LogP contribution in [0.2, 0.25) is 0 Å². The molecule has 1 saturated carbocycles. The lowest BCUT2D eigenvalue weighted by Gasteiger charge is -2.24. The average molecular weight is 266 g/mol. The molecule has 1 aromatic heterocycles. The largest absolute Gasteiger partial charge is 0.360 e. The molecule has 0 bridgehead atoms. The van der Waals surface area contributed by atoms with E-state index in [1.54, 1.807) is 0 Å². The van der Waals surface area contributed by atoms with E-state index in [-0.39, 0.29) is 0 Å². The van der Waals surface area contributed by atoms with Crippen LogP contribution in [0, 0.1) is 6.92 Å². The quantitative estimate of drug-likeness (QED) is 0.822. The second kappa shape index (κ2) is 6.18. The van der Waals surface area contributed by atoms with Crippen molar-refractivity contribution < 1.29 is 0 Å².